The molecule has 1 aromatic rings. The Kier molecular flexibility index (Phi) is 4.47. The third-order valence-corrected chi connectivity index (χ3v) is 6.00. The average molecular weight is 369 g/mol. The van der Waals surface area contributed by atoms with E-state index in [4.69, 9.17) is 0 Å². The molecule has 2 aliphatic heterocycles. The molecule has 3 rings (SSSR count). The predicted octanol–water partition coefficient (Wildman–Crippen LogP) is 4.47. The Bertz CT molecular complexity index is 405. The molecule has 2 heterocycles. The van der Waals surface area contributed by atoms with Crippen molar-refractivity contribution in [1.82, 2.24) is 4.90 Å². The molecule has 2 bridgehead atoms. The van der Waals surface area contributed by atoms with E-state index >= 15 is 0 Å². The molecular formula is C17H24IN. The summed E-state index contributed by atoms with van der Waals surface area (Å²) in [6.07, 6.45) is 5.59. The van der Waals surface area contributed by atoms with Gasteiger partial charge in [-0.25, -0.2) is 0 Å². The van der Waals surface area contributed by atoms with Crippen LogP contribution in [0.2, 0.25) is 0 Å². The molecule has 2 fully saturated rings. The zero-order valence-electron chi connectivity index (χ0n) is 11.8. The van der Waals surface area contributed by atoms with E-state index in [1.807, 2.05) is 0 Å². The highest BCUT2D eigenvalue weighted by Crippen LogP contribution is 2.46. The van der Waals surface area contributed by atoms with Gasteiger partial charge in [0, 0.05) is 16.5 Å². The van der Waals surface area contributed by atoms with Crippen LogP contribution in [0, 0.1) is 5.92 Å². The molecule has 3 unspecified atom stereocenters. The smallest absolute Gasteiger partial charge is 0.0130 e. The number of piperidine rings is 1. The molecule has 2 saturated heterocycles. The summed E-state index contributed by atoms with van der Waals surface area (Å²) >= 11 is 2.51. The van der Waals surface area contributed by atoms with Crippen molar-refractivity contribution in [2.45, 2.75) is 50.6 Å². The largest absolute Gasteiger partial charge is 0.297 e. The van der Waals surface area contributed by atoms with Crippen LogP contribution in [0.25, 0.3) is 0 Å². The van der Waals surface area contributed by atoms with Crippen LogP contribution in [0.1, 0.15) is 44.1 Å². The van der Waals surface area contributed by atoms with Gasteiger partial charge < -0.3 is 0 Å². The first-order valence-electron chi connectivity index (χ1n) is 7.68. The minimum Gasteiger partial charge on any atom is -0.297 e. The fourth-order valence-electron chi connectivity index (χ4n) is 4.29. The molecular weight excluding hydrogens is 345 g/mol. The monoisotopic (exact) mass is 369 g/mol. The van der Waals surface area contributed by atoms with Crippen LogP contribution in [-0.4, -0.2) is 28.0 Å². The Morgan fingerprint density at radius 2 is 2.00 bits per heavy atom. The molecule has 0 aliphatic carbocycles. The molecule has 19 heavy (non-hydrogen) atoms. The van der Waals surface area contributed by atoms with Gasteiger partial charge in [0.25, 0.3) is 0 Å². The summed E-state index contributed by atoms with van der Waals surface area (Å²) in [5, 5.41) is 0. The second-order valence-corrected chi connectivity index (χ2v) is 7.27. The number of alkyl halides is 1. The third-order valence-electron chi connectivity index (χ3n) is 5.24. The zero-order valence-corrected chi connectivity index (χ0v) is 13.9. The van der Waals surface area contributed by atoms with Gasteiger partial charge in [-0.2, -0.15) is 0 Å². The minimum absolute atomic E-state index is 0.787. The van der Waals surface area contributed by atoms with Crippen LogP contribution in [0.15, 0.2) is 30.3 Å². The molecule has 0 N–H and O–H groups in total. The van der Waals surface area contributed by atoms with Gasteiger partial charge in [-0.1, -0.05) is 59.8 Å². The van der Waals surface area contributed by atoms with Crippen molar-refractivity contribution in [2.24, 2.45) is 5.92 Å². The number of halogens is 1. The van der Waals surface area contributed by atoms with Crippen LogP contribution < -0.4 is 0 Å². The van der Waals surface area contributed by atoms with E-state index in [-0.39, 0.29) is 0 Å². The van der Waals surface area contributed by atoms with E-state index in [1.165, 1.54) is 36.7 Å². The number of benzene rings is 1. The van der Waals surface area contributed by atoms with E-state index in [9.17, 15) is 0 Å². The second-order valence-electron chi connectivity index (χ2n) is 6.19. The molecule has 0 spiro atoms. The van der Waals surface area contributed by atoms with Crippen molar-refractivity contribution < 1.29 is 0 Å². The van der Waals surface area contributed by atoms with Crippen molar-refractivity contribution in [3.8, 4) is 0 Å². The van der Waals surface area contributed by atoms with Gasteiger partial charge in [0.05, 0.1) is 0 Å². The molecule has 0 aromatic heterocycles. The van der Waals surface area contributed by atoms with Gasteiger partial charge >= 0.3 is 0 Å². The predicted molar refractivity (Wildman–Crippen MR) is 90.0 cm³/mol. The fourth-order valence-corrected chi connectivity index (χ4v) is 4.63. The molecule has 104 valence electrons. The summed E-state index contributed by atoms with van der Waals surface area (Å²) in [7, 11) is 0. The van der Waals surface area contributed by atoms with E-state index in [2.05, 4.69) is 64.7 Å². The van der Waals surface area contributed by atoms with E-state index in [0.717, 1.165) is 23.9 Å². The van der Waals surface area contributed by atoms with Crippen LogP contribution in [0.5, 0.6) is 0 Å². The Labute approximate surface area is 130 Å². The quantitative estimate of drug-likeness (QED) is 0.559. The molecule has 4 atom stereocenters. The first kappa shape index (κ1) is 13.9. The summed E-state index contributed by atoms with van der Waals surface area (Å²) in [5.41, 5.74) is 1.57. The molecule has 2 aliphatic rings. The minimum atomic E-state index is 0.787. The normalized spacial score (nSPS) is 34.6. The lowest BCUT2D eigenvalue weighted by molar-refractivity contribution is 0.0825. The maximum absolute atomic E-state index is 2.84. The van der Waals surface area contributed by atoms with Crippen LogP contribution in [-0.2, 0) is 0 Å². The van der Waals surface area contributed by atoms with Gasteiger partial charge in [0.1, 0.15) is 0 Å². The number of fused-ring (bicyclic) bond motifs is 2. The Morgan fingerprint density at radius 1 is 1.21 bits per heavy atom. The Hall–Kier alpha value is -0.0900. The van der Waals surface area contributed by atoms with E-state index in [1.54, 1.807) is 5.56 Å². The number of hydrogen-bond donors (Lipinski definition) is 0. The van der Waals surface area contributed by atoms with Gasteiger partial charge in [-0.05, 0) is 49.6 Å². The van der Waals surface area contributed by atoms with Gasteiger partial charge in [0.15, 0.2) is 0 Å². The summed E-state index contributed by atoms with van der Waals surface area (Å²) < 4.78 is 1.30. The average Bonchev–Trinajstić information content (AvgIpc) is 2.77. The fraction of sp³-hybridized carbons (Fsp3) is 0.647. The van der Waals surface area contributed by atoms with Crippen LogP contribution >= 0.6 is 22.6 Å². The first-order valence-corrected chi connectivity index (χ1v) is 9.20. The highest BCUT2D eigenvalue weighted by Gasteiger charge is 2.44. The van der Waals surface area contributed by atoms with Crippen molar-refractivity contribution in [2.75, 3.05) is 11.0 Å². The molecule has 2 heteroatoms. The standard InChI is InChI=1S/C17H24IN/c1-13-16(14-6-3-2-4-7-14)12-15-8-9-17(13)19(15)11-5-10-18/h2-4,6-7,13,15-17H,5,8-12H2,1H3/t13-,15?,16?,17?/m1/s1. The highest BCUT2D eigenvalue weighted by atomic mass is 127. The van der Waals surface area contributed by atoms with Crippen molar-refractivity contribution in [3.05, 3.63) is 35.9 Å². The van der Waals surface area contributed by atoms with Crippen molar-refractivity contribution >= 4 is 22.6 Å². The molecule has 0 saturated carbocycles. The van der Waals surface area contributed by atoms with Gasteiger partial charge in [-0.15, -0.1) is 0 Å². The summed E-state index contributed by atoms with van der Waals surface area (Å²) in [6, 6.07) is 12.9. The summed E-state index contributed by atoms with van der Waals surface area (Å²) in [6.45, 7) is 3.81. The van der Waals surface area contributed by atoms with Crippen LogP contribution in [0.3, 0.4) is 0 Å². The summed E-state index contributed by atoms with van der Waals surface area (Å²) in [5.74, 6) is 1.60. The summed E-state index contributed by atoms with van der Waals surface area (Å²) in [4.78, 5) is 2.84. The molecule has 0 radical (unpaired) electrons. The third kappa shape index (κ3) is 2.71. The second kappa shape index (κ2) is 6.13. The Morgan fingerprint density at radius 3 is 2.74 bits per heavy atom. The van der Waals surface area contributed by atoms with E-state index < -0.39 is 0 Å². The van der Waals surface area contributed by atoms with Crippen LogP contribution in [0.4, 0.5) is 0 Å². The lowest BCUT2D eigenvalue weighted by atomic mass is 9.77. The lowest BCUT2D eigenvalue weighted by Gasteiger charge is -2.43. The number of hydrogen-bond acceptors (Lipinski definition) is 1. The van der Waals surface area contributed by atoms with E-state index in [0.29, 0.717) is 0 Å². The van der Waals surface area contributed by atoms with Gasteiger partial charge in [0.2, 0.25) is 0 Å². The molecule has 1 nitrogen and oxygen atoms in total. The maximum Gasteiger partial charge on any atom is 0.0130 e. The molecule has 1 aromatic carbocycles. The van der Waals surface area contributed by atoms with Gasteiger partial charge in [-0.3, -0.25) is 4.90 Å². The number of rotatable bonds is 4. The highest BCUT2D eigenvalue weighted by molar-refractivity contribution is 14.1. The SMILES string of the molecule is C[C@@H]1C(c2ccccc2)CC2CCC1N2CCCI. The van der Waals surface area contributed by atoms with Crippen molar-refractivity contribution in [1.29, 1.82) is 0 Å². The maximum atomic E-state index is 2.84. The van der Waals surface area contributed by atoms with Crippen molar-refractivity contribution in [3.63, 3.8) is 0 Å². The first-order chi connectivity index (χ1) is 9.31. The Balaban J connectivity index is 1.76. The zero-order chi connectivity index (χ0) is 13.2. The molecule has 0 amide bonds. The lowest BCUT2D eigenvalue weighted by Crippen LogP contribution is -2.47. The topological polar surface area (TPSA) is 3.24 Å². The number of nitrogens with zero attached hydrogens (tertiary/aromatic N) is 1.